The zero-order valence-electron chi connectivity index (χ0n) is 10.7. The topological polar surface area (TPSA) is 68.0 Å². The second-order valence-corrected chi connectivity index (χ2v) is 5.73. The maximum absolute atomic E-state index is 11.5. The number of benzene rings is 1. The molecular weight excluding hydrogens is 246 g/mol. The summed E-state index contributed by atoms with van der Waals surface area (Å²) in [5.74, 6) is 0.243. The molecule has 3 N–H and O–H groups in total. The van der Waals surface area contributed by atoms with Gasteiger partial charge >= 0.3 is 0 Å². The first-order valence-electron chi connectivity index (χ1n) is 5.94. The van der Waals surface area contributed by atoms with E-state index < -0.39 is 6.04 Å². The molecule has 0 bridgehead atoms. The number of nitrogens with one attached hydrogen (secondary N) is 1. The number of anilines is 1. The second kappa shape index (κ2) is 5.04. The third-order valence-electron chi connectivity index (χ3n) is 2.58. The van der Waals surface area contributed by atoms with Gasteiger partial charge in [0.1, 0.15) is 0 Å². The maximum Gasteiger partial charge on any atom is 0.240 e. The van der Waals surface area contributed by atoms with E-state index in [-0.39, 0.29) is 5.91 Å². The Morgan fingerprint density at radius 2 is 2.11 bits per heavy atom. The van der Waals surface area contributed by atoms with Gasteiger partial charge in [0.2, 0.25) is 5.91 Å². The van der Waals surface area contributed by atoms with Crippen molar-refractivity contribution in [1.82, 2.24) is 4.98 Å². The van der Waals surface area contributed by atoms with Crippen molar-refractivity contribution in [2.75, 3.05) is 5.32 Å². The van der Waals surface area contributed by atoms with Crippen LogP contribution in [0.15, 0.2) is 18.2 Å². The highest BCUT2D eigenvalue weighted by Crippen LogP contribution is 2.29. The van der Waals surface area contributed by atoms with Crippen LogP contribution in [0.5, 0.6) is 0 Å². The Morgan fingerprint density at radius 3 is 2.72 bits per heavy atom. The molecule has 96 valence electrons. The summed E-state index contributed by atoms with van der Waals surface area (Å²) in [5, 5.41) is 3.90. The lowest BCUT2D eigenvalue weighted by molar-refractivity contribution is -0.117. The Balaban J connectivity index is 2.29. The van der Waals surface area contributed by atoms with E-state index >= 15 is 0 Å². The van der Waals surface area contributed by atoms with E-state index in [0.29, 0.717) is 5.92 Å². The first-order valence-corrected chi connectivity index (χ1v) is 6.76. The van der Waals surface area contributed by atoms with Crippen molar-refractivity contribution in [3.05, 3.63) is 23.2 Å². The largest absolute Gasteiger partial charge is 0.325 e. The Hall–Kier alpha value is -1.46. The molecule has 1 amide bonds. The minimum atomic E-state index is -0.506. The van der Waals surface area contributed by atoms with E-state index in [1.807, 2.05) is 18.2 Å². The summed E-state index contributed by atoms with van der Waals surface area (Å²) >= 11 is 1.66. The lowest BCUT2D eigenvalue weighted by atomic mass is 10.2. The predicted octanol–water partition coefficient (Wildman–Crippen LogP) is 2.71. The molecule has 0 aliphatic carbocycles. The van der Waals surface area contributed by atoms with Gasteiger partial charge in [-0.2, -0.15) is 0 Å². The van der Waals surface area contributed by atoms with Crippen LogP contribution in [0.1, 0.15) is 31.7 Å². The van der Waals surface area contributed by atoms with E-state index in [2.05, 4.69) is 24.1 Å². The molecule has 0 radical (unpaired) electrons. The van der Waals surface area contributed by atoms with Crippen LogP contribution in [0.2, 0.25) is 0 Å². The van der Waals surface area contributed by atoms with Gasteiger partial charge in [-0.05, 0) is 25.1 Å². The number of fused-ring (bicyclic) bond motifs is 1. The van der Waals surface area contributed by atoms with Gasteiger partial charge in [-0.15, -0.1) is 11.3 Å². The van der Waals surface area contributed by atoms with Crippen LogP contribution >= 0.6 is 11.3 Å². The van der Waals surface area contributed by atoms with E-state index in [0.717, 1.165) is 20.9 Å². The zero-order chi connectivity index (χ0) is 13.3. The summed E-state index contributed by atoms with van der Waals surface area (Å²) < 4.78 is 1.08. The molecule has 1 heterocycles. The summed E-state index contributed by atoms with van der Waals surface area (Å²) in [5.41, 5.74) is 7.26. The molecule has 0 saturated heterocycles. The van der Waals surface area contributed by atoms with Crippen molar-refractivity contribution in [2.45, 2.75) is 32.7 Å². The van der Waals surface area contributed by atoms with Crippen molar-refractivity contribution in [3.63, 3.8) is 0 Å². The number of carbonyl (C=O) groups is 1. The van der Waals surface area contributed by atoms with E-state index in [1.165, 1.54) is 0 Å². The smallest absolute Gasteiger partial charge is 0.240 e. The summed E-state index contributed by atoms with van der Waals surface area (Å²) in [4.78, 5) is 16.1. The summed E-state index contributed by atoms with van der Waals surface area (Å²) in [7, 11) is 0. The minimum Gasteiger partial charge on any atom is -0.325 e. The quantitative estimate of drug-likeness (QED) is 0.894. The fourth-order valence-corrected chi connectivity index (χ4v) is 2.53. The molecule has 0 aliphatic rings. The third kappa shape index (κ3) is 2.68. The average molecular weight is 263 g/mol. The van der Waals surface area contributed by atoms with Gasteiger partial charge in [0.25, 0.3) is 0 Å². The van der Waals surface area contributed by atoms with Gasteiger partial charge in [0.15, 0.2) is 0 Å². The molecule has 0 saturated carbocycles. The van der Waals surface area contributed by atoms with Crippen LogP contribution in [-0.4, -0.2) is 16.9 Å². The number of thiazole rings is 1. The van der Waals surface area contributed by atoms with Gasteiger partial charge in [-0.3, -0.25) is 4.79 Å². The number of carbonyl (C=O) groups excluding carboxylic acids is 1. The lowest BCUT2D eigenvalue weighted by Gasteiger charge is -2.07. The third-order valence-corrected chi connectivity index (χ3v) is 3.90. The van der Waals surface area contributed by atoms with Crippen molar-refractivity contribution in [3.8, 4) is 0 Å². The first-order chi connectivity index (χ1) is 8.47. The highest BCUT2D eigenvalue weighted by atomic mass is 32.1. The van der Waals surface area contributed by atoms with E-state index in [9.17, 15) is 4.79 Å². The molecule has 18 heavy (non-hydrogen) atoms. The fraction of sp³-hybridized carbons (Fsp3) is 0.385. The molecule has 1 aromatic heterocycles. The molecular formula is C13H17N3OS. The monoisotopic (exact) mass is 263 g/mol. The number of nitrogens with zero attached hydrogens (tertiary/aromatic N) is 1. The average Bonchev–Trinajstić information content (AvgIpc) is 2.71. The number of hydrogen-bond donors (Lipinski definition) is 2. The zero-order valence-corrected chi connectivity index (χ0v) is 11.5. The highest BCUT2D eigenvalue weighted by Gasteiger charge is 2.10. The lowest BCUT2D eigenvalue weighted by Crippen LogP contribution is -2.32. The molecule has 2 aromatic rings. The standard InChI is InChI=1S/C13H17N3OS/c1-7(2)13-16-10-5-4-9(6-11(10)18-13)15-12(17)8(3)14/h4-8H,14H2,1-3H3,(H,15,17)/t8-/m1/s1. The number of nitrogens with two attached hydrogens (primary N) is 1. The predicted molar refractivity (Wildman–Crippen MR) is 76.0 cm³/mol. The van der Waals surface area contributed by atoms with Gasteiger partial charge in [-0.1, -0.05) is 13.8 Å². The van der Waals surface area contributed by atoms with Crippen molar-refractivity contribution in [1.29, 1.82) is 0 Å². The van der Waals surface area contributed by atoms with Crippen LogP contribution in [0.3, 0.4) is 0 Å². The number of amides is 1. The Labute approximate surface area is 110 Å². The van der Waals surface area contributed by atoms with Crippen molar-refractivity contribution >= 4 is 33.1 Å². The number of hydrogen-bond acceptors (Lipinski definition) is 4. The molecule has 5 heteroatoms. The van der Waals surface area contributed by atoms with Crippen LogP contribution in [-0.2, 0) is 4.79 Å². The fourth-order valence-electron chi connectivity index (χ4n) is 1.52. The van der Waals surface area contributed by atoms with Gasteiger partial charge in [0, 0.05) is 11.6 Å². The summed E-state index contributed by atoms with van der Waals surface area (Å²) in [6.45, 7) is 5.91. The molecule has 0 fully saturated rings. The van der Waals surface area contributed by atoms with Crippen LogP contribution < -0.4 is 11.1 Å². The summed E-state index contributed by atoms with van der Waals surface area (Å²) in [6, 6.07) is 5.22. The van der Waals surface area contributed by atoms with Crippen molar-refractivity contribution < 1.29 is 4.79 Å². The SMILES string of the molecule is CC(C)c1nc2ccc(NC(=O)[C@@H](C)N)cc2s1. The Morgan fingerprint density at radius 1 is 1.39 bits per heavy atom. The molecule has 4 nitrogen and oxygen atoms in total. The molecule has 1 atom stereocenters. The molecule has 1 aromatic carbocycles. The van der Waals surface area contributed by atoms with Crippen LogP contribution in [0, 0.1) is 0 Å². The molecule has 2 rings (SSSR count). The Kier molecular flexibility index (Phi) is 3.63. The normalized spacial score (nSPS) is 12.9. The van der Waals surface area contributed by atoms with Gasteiger partial charge in [0.05, 0.1) is 21.3 Å². The molecule has 0 aliphatic heterocycles. The Bertz CT molecular complexity index is 575. The first kappa shape index (κ1) is 13.0. The van der Waals surface area contributed by atoms with E-state index in [1.54, 1.807) is 18.3 Å². The number of rotatable bonds is 3. The van der Waals surface area contributed by atoms with Crippen molar-refractivity contribution in [2.24, 2.45) is 5.73 Å². The highest BCUT2D eigenvalue weighted by molar-refractivity contribution is 7.18. The maximum atomic E-state index is 11.5. The summed E-state index contributed by atoms with van der Waals surface area (Å²) in [6.07, 6.45) is 0. The van der Waals surface area contributed by atoms with Crippen LogP contribution in [0.25, 0.3) is 10.2 Å². The van der Waals surface area contributed by atoms with Crippen LogP contribution in [0.4, 0.5) is 5.69 Å². The van der Waals surface area contributed by atoms with Gasteiger partial charge in [-0.25, -0.2) is 4.98 Å². The minimum absolute atomic E-state index is 0.178. The second-order valence-electron chi connectivity index (χ2n) is 4.67. The van der Waals surface area contributed by atoms with E-state index in [4.69, 9.17) is 5.73 Å². The molecule has 0 unspecified atom stereocenters. The van der Waals surface area contributed by atoms with Gasteiger partial charge < -0.3 is 11.1 Å². The number of aromatic nitrogens is 1. The molecule has 0 spiro atoms.